The normalized spacial score (nSPS) is 12.9. The van der Waals surface area contributed by atoms with Gasteiger partial charge in [0, 0.05) is 0 Å². The van der Waals surface area contributed by atoms with Gasteiger partial charge in [-0.05, 0) is 64.7 Å². The van der Waals surface area contributed by atoms with Crippen molar-refractivity contribution in [3.05, 3.63) is 125 Å². The van der Waals surface area contributed by atoms with E-state index in [0.717, 1.165) is 0 Å². The van der Waals surface area contributed by atoms with E-state index in [0.29, 0.717) is 22.3 Å². The van der Waals surface area contributed by atoms with Gasteiger partial charge < -0.3 is 29.4 Å². The van der Waals surface area contributed by atoms with Gasteiger partial charge >= 0.3 is 22.8 Å². The van der Waals surface area contributed by atoms with Gasteiger partial charge in [-0.2, -0.15) is 0 Å². The van der Waals surface area contributed by atoms with Gasteiger partial charge in [-0.25, -0.2) is 0 Å². The number of hydrogen-bond donors (Lipinski definition) is 6. The molecule has 0 aliphatic rings. The molecule has 0 amide bonds. The van der Waals surface area contributed by atoms with Crippen molar-refractivity contribution in [2.45, 2.75) is 5.41 Å². The van der Waals surface area contributed by atoms with E-state index >= 15 is 0 Å². The number of rotatable bonds is 7. The van der Waals surface area contributed by atoms with Crippen LogP contribution in [0.2, 0.25) is 0 Å². The SMILES string of the molecule is O=P(O)(O)c1ccc(C(c2cc[c]cc2)(c2ccc(P(=O)(O)O)cc2)c2ccc(P(=O)(O)O)cc2)cc1. The molecule has 0 saturated heterocycles. The van der Waals surface area contributed by atoms with E-state index < -0.39 is 28.2 Å². The predicted molar refractivity (Wildman–Crippen MR) is 139 cm³/mol. The molecule has 191 valence electrons. The molecule has 0 bridgehead atoms. The van der Waals surface area contributed by atoms with E-state index in [2.05, 4.69) is 6.07 Å². The topological polar surface area (TPSA) is 173 Å². The summed E-state index contributed by atoms with van der Waals surface area (Å²) in [5, 5.41) is -0.583. The molecule has 0 fully saturated rings. The Kier molecular flexibility index (Phi) is 7.32. The predicted octanol–water partition coefficient (Wildman–Crippen LogP) is 2.28. The Hall–Kier alpha value is -2.67. The lowest BCUT2D eigenvalue weighted by Crippen LogP contribution is -2.32. The molecule has 0 spiro atoms. The highest BCUT2D eigenvalue weighted by molar-refractivity contribution is 7.60. The fourth-order valence-corrected chi connectivity index (χ4v) is 5.97. The first-order chi connectivity index (χ1) is 17.2. The van der Waals surface area contributed by atoms with Crippen LogP contribution in [0.4, 0.5) is 0 Å². The molecule has 0 aliphatic heterocycles. The molecule has 0 saturated carbocycles. The van der Waals surface area contributed by atoms with Crippen molar-refractivity contribution in [2.75, 3.05) is 0 Å². The summed E-state index contributed by atoms with van der Waals surface area (Å²) in [6.45, 7) is 0. The van der Waals surface area contributed by atoms with E-state index in [1.165, 1.54) is 36.4 Å². The first-order valence-corrected chi connectivity index (χ1v) is 15.5. The molecule has 0 aromatic heterocycles. The lowest BCUT2D eigenvalue weighted by atomic mass is 9.65. The van der Waals surface area contributed by atoms with Crippen LogP contribution in [0.3, 0.4) is 0 Å². The van der Waals surface area contributed by atoms with Crippen LogP contribution in [0.15, 0.2) is 97.1 Å². The molecule has 0 unspecified atom stereocenters. The maximum Gasteiger partial charge on any atom is 0.356 e. The standard InChI is InChI=1S/C25H22O9P3/c26-35(27,28)22-12-6-19(7-13-22)25(18-4-2-1-3-5-18,20-8-14-23(15-9-20)36(29,30)31)21-10-16-24(17-11-21)37(32,33)34/h2-17H,(H2,26,27,28)(H2,29,30,31)(H2,32,33,34). The molecule has 12 heteroatoms. The summed E-state index contributed by atoms with van der Waals surface area (Å²) < 4.78 is 35.4. The smallest absolute Gasteiger partial charge is 0.321 e. The fraction of sp³-hybridized carbons (Fsp3) is 0.0400. The summed E-state index contributed by atoms with van der Waals surface area (Å²) in [7, 11) is -13.6. The summed E-state index contributed by atoms with van der Waals surface area (Å²) in [6.07, 6.45) is 0. The minimum atomic E-state index is -4.53. The summed E-state index contributed by atoms with van der Waals surface area (Å²) in [5.74, 6) is 0. The second kappa shape index (κ2) is 9.90. The van der Waals surface area contributed by atoms with E-state index in [-0.39, 0.29) is 15.9 Å². The maximum atomic E-state index is 11.8. The van der Waals surface area contributed by atoms with Crippen LogP contribution in [0.1, 0.15) is 22.3 Å². The van der Waals surface area contributed by atoms with Gasteiger partial charge in [0.25, 0.3) is 0 Å². The maximum absolute atomic E-state index is 11.8. The van der Waals surface area contributed by atoms with Gasteiger partial charge in [-0.1, -0.05) is 60.7 Å². The average Bonchev–Trinajstić information content (AvgIpc) is 2.85. The molecule has 4 aromatic rings. The van der Waals surface area contributed by atoms with Gasteiger partial charge in [-0.3, -0.25) is 13.7 Å². The van der Waals surface area contributed by atoms with E-state index in [4.69, 9.17) is 0 Å². The van der Waals surface area contributed by atoms with Gasteiger partial charge in [0.1, 0.15) is 0 Å². The van der Waals surface area contributed by atoms with Crippen molar-refractivity contribution >= 4 is 38.7 Å². The van der Waals surface area contributed by atoms with Gasteiger partial charge in [0.05, 0.1) is 21.3 Å². The first kappa shape index (κ1) is 27.4. The largest absolute Gasteiger partial charge is 0.356 e. The molecule has 1 radical (unpaired) electrons. The van der Waals surface area contributed by atoms with Crippen molar-refractivity contribution < 1.29 is 43.1 Å². The van der Waals surface area contributed by atoms with Crippen LogP contribution < -0.4 is 15.9 Å². The van der Waals surface area contributed by atoms with Crippen LogP contribution in [0, 0.1) is 6.07 Å². The highest BCUT2D eigenvalue weighted by Crippen LogP contribution is 2.46. The monoisotopic (exact) mass is 559 g/mol. The van der Waals surface area contributed by atoms with Crippen LogP contribution in [-0.4, -0.2) is 29.4 Å². The Labute approximate surface area is 212 Å². The van der Waals surface area contributed by atoms with Crippen molar-refractivity contribution in [1.29, 1.82) is 0 Å². The third kappa shape index (κ3) is 5.47. The number of hydrogen-bond acceptors (Lipinski definition) is 3. The quantitative estimate of drug-likeness (QED) is 0.147. The van der Waals surface area contributed by atoms with Crippen molar-refractivity contribution in [3.8, 4) is 0 Å². The van der Waals surface area contributed by atoms with Crippen molar-refractivity contribution in [1.82, 2.24) is 0 Å². The Morgan fingerprint density at radius 2 is 0.676 bits per heavy atom. The summed E-state index contributed by atoms with van der Waals surface area (Å²) in [4.78, 5) is 57.6. The van der Waals surface area contributed by atoms with Gasteiger partial charge in [-0.15, -0.1) is 0 Å². The summed E-state index contributed by atoms with van der Waals surface area (Å²) in [6, 6.07) is 26.9. The van der Waals surface area contributed by atoms with E-state index in [1.807, 2.05) is 0 Å². The van der Waals surface area contributed by atoms with Gasteiger partial charge in [0.2, 0.25) is 0 Å². The molecule has 0 aliphatic carbocycles. The third-order valence-electron chi connectivity index (χ3n) is 6.06. The Balaban J connectivity index is 2.08. The molecule has 37 heavy (non-hydrogen) atoms. The molecule has 6 N–H and O–H groups in total. The van der Waals surface area contributed by atoms with Gasteiger partial charge in [0.15, 0.2) is 0 Å². The molecule has 0 heterocycles. The molecule has 0 atom stereocenters. The minimum absolute atomic E-state index is 0.194. The zero-order valence-corrected chi connectivity index (χ0v) is 21.7. The third-order valence-corrected chi connectivity index (χ3v) is 8.97. The molecule has 9 nitrogen and oxygen atoms in total. The van der Waals surface area contributed by atoms with Crippen LogP contribution in [0.25, 0.3) is 0 Å². The molecular weight excluding hydrogens is 537 g/mol. The van der Waals surface area contributed by atoms with E-state index in [1.54, 1.807) is 60.7 Å². The zero-order chi connectivity index (χ0) is 27.1. The van der Waals surface area contributed by atoms with Crippen molar-refractivity contribution in [2.24, 2.45) is 0 Å². The summed E-state index contributed by atoms with van der Waals surface area (Å²) in [5.41, 5.74) is 1.10. The second-order valence-corrected chi connectivity index (χ2v) is 13.1. The Morgan fingerprint density at radius 1 is 0.432 bits per heavy atom. The highest BCUT2D eigenvalue weighted by Gasteiger charge is 2.39. The summed E-state index contributed by atoms with van der Waals surface area (Å²) >= 11 is 0. The molecule has 4 rings (SSSR count). The lowest BCUT2D eigenvalue weighted by Gasteiger charge is -2.37. The zero-order valence-electron chi connectivity index (χ0n) is 19.0. The minimum Gasteiger partial charge on any atom is -0.321 e. The van der Waals surface area contributed by atoms with Crippen LogP contribution >= 0.6 is 22.8 Å². The van der Waals surface area contributed by atoms with Crippen LogP contribution in [0.5, 0.6) is 0 Å². The lowest BCUT2D eigenvalue weighted by molar-refractivity contribution is 0.385. The molecule has 4 aromatic carbocycles. The Bertz CT molecular complexity index is 1380. The second-order valence-electron chi connectivity index (χ2n) is 8.31. The van der Waals surface area contributed by atoms with E-state index in [9.17, 15) is 43.1 Å². The fourth-order valence-electron chi connectivity index (χ4n) is 4.35. The number of benzene rings is 4. The van der Waals surface area contributed by atoms with Crippen LogP contribution in [-0.2, 0) is 19.1 Å². The molecular formula is C25H22O9P3. The van der Waals surface area contributed by atoms with Crippen molar-refractivity contribution in [3.63, 3.8) is 0 Å². The highest BCUT2D eigenvalue weighted by atomic mass is 31.2. The Morgan fingerprint density at radius 3 is 0.919 bits per heavy atom. The average molecular weight is 559 g/mol. The first-order valence-electron chi connectivity index (χ1n) is 10.7.